The number of β-amino-alcohol motifs (C(OH)–C–C–N with tert-alkyl or cyclic N) is 1. The van der Waals surface area contributed by atoms with Crippen molar-refractivity contribution in [3.05, 3.63) is 23.5 Å². The molecule has 1 aromatic heterocycles. The van der Waals surface area contributed by atoms with Crippen molar-refractivity contribution in [3.8, 4) is 0 Å². The Hall–Kier alpha value is -1.29. The molecule has 0 fully saturated rings. The topological polar surface area (TPSA) is 129 Å². The number of nitrogens with zero attached hydrogens (tertiary/aromatic N) is 2. The van der Waals surface area contributed by atoms with Gasteiger partial charge < -0.3 is 35.5 Å². The summed E-state index contributed by atoms with van der Waals surface area (Å²) in [7, 11) is 0. The molecule has 0 bridgehead atoms. The number of rotatable bonds is 12. The number of hydrogen-bond donors (Lipinski definition) is 6. The molecule has 8 nitrogen and oxygen atoms in total. The van der Waals surface area contributed by atoms with E-state index in [9.17, 15) is 25.5 Å². The third kappa shape index (κ3) is 5.90. The molecule has 0 amide bonds. The van der Waals surface area contributed by atoms with Gasteiger partial charge in [-0.3, -0.25) is 0 Å². The molecular formula is C22H39N2O6+. The first-order chi connectivity index (χ1) is 14.3. The van der Waals surface area contributed by atoms with E-state index in [0.29, 0.717) is 18.7 Å². The summed E-state index contributed by atoms with van der Waals surface area (Å²) in [5.74, 6) is 0. The van der Waals surface area contributed by atoms with Gasteiger partial charge in [-0.25, -0.2) is 4.57 Å². The number of aliphatic hydroxyl groups excluding tert-OH is 6. The number of aromatic nitrogens is 1. The molecule has 5 atom stereocenters. The molecule has 1 aliphatic rings. The van der Waals surface area contributed by atoms with Gasteiger partial charge in [0.2, 0.25) is 0 Å². The Morgan fingerprint density at radius 2 is 1.70 bits per heavy atom. The first kappa shape index (κ1) is 25.0. The number of aliphatic hydroxyl groups is 6. The average Bonchev–Trinajstić information content (AvgIpc) is 2.75. The third-order valence-electron chi connectivity index (χ3n) is 5.86. The fourth-order valence-corrected chi connectivity index (χ4v) is 4.03. The van der Waals surface area contributed by atoms with E-state index in [0.717, 1.165) is 44.2 Å². The Bertz CT molecular complexity index is 659. The van der Waals surface area contributed by atoms with Crippen LogP contribution >= 0.6 is 0 Å². The Labute approximate surface area is 179 Å². The molecule has 2 rings (SSSR count). The molecule has 0 spiro atoms. The smallest absolute Gasteiger partial charge is 0.192 e. The van der Waals surface area contributed by atoms with Gasteiger partial charge in [-0.2, -0.15) is 0 Å². The zero-order valence-corrected chi connectivity index (χ0v) is 18.2. The van der Waals surface area contributed by atoms with Gasteiger partial charge in [-0.15, -0.1) is 0 Å². The number of anilines is 1. The molecule has 8 heteroatoms. The van der Waals surface area contributed by atoms with Crippen molar-refractivity contribution in [3.63, 3.8) is 0 Å². The highest BCUT2D eigenvalue weighted by Gasteiger charge is 2.39. The summed E-state index contributed by atoms with van der Waals surface area (Å²) in [5.41, 5.74) is 1.35. The second-order valence-corrected chi connectivity index (χ2v) is 8.31. The summed E-state index contributed by atoms with van der Waals surface area (Å²) in [4.78, 5) is 2.02. The van der Waals surface area contributed by atoms with Gasteiger partial charge in [-0.1, -0.05) is 33.1 Å². The fraction of sp³-hybridized carbons (Fsp3) is 0.773. The van der Waals surface area contributed by atoms with Crippen LogP contribution in [-0.4, -0.2) is 68.6 Å². The molecule has 6 N–H and O–H groups in total. The van der Waals surface area contributed by atoms with E-state index in [2.05, 4.69) is 13.8 Å². The number of aryl methyl sites for hydroxylation is 1. The molecule has 0 saturated heterocycles. The van der Waals surface area contributed by atoms with Gasteiger partial charge in [0.1, 0.15) is 42.8 Å². The van der Waals surface area contributed by atoms with Gasteiger partial charge in [0.25, 0.3) is 0 Å². The maximum absolute atomic E-state index is 10.8. The Morgan fingerprint density at radius 3 is 2.33 bits per heavy atom. The van der Waals surface area contributed by atoms with Gasteiger partial charge in [0.05, 0.1) is 12.2 Å². The molecule has 0 aliphatic carbocycles. The SMILES string of the molecule is CCCCCN1C[C@@H](O)[C@@H](O)c2c([C@H](O)[C@H](O)[C@H](O)CO)c[n+](CCCCC)cc21. The van der Waals surface area contributed by atoms with Gasteiger partial charge in [-0.05, 0) is 12.8 Å². The van der Waals surface area contributed by atoms with E-state index in [1.54, 1.807) is 6.20 Å². The molecule has 1 aliphatic heterocycles. The van der Waals surface area contributed by atoms with Gasteiger partial charge in [0, 0.05) is 25.1 Å². The van der Waals surface area contributed by atoms with Crippen LogP contribution in [0, 0.1) is 0 Å². The van der Waals surface area contributed by atoms with Crippen LogP contribution in [0.2, 0.25) is 0 Å². The van der Waals surface area contributed by atoms with Crippen molar-refractivity contribution in [2.75, 3.05) is 24.6 Å². The van der Waals surface area contributed by atoms with E-state index >= 15 is 0 Å². The van der Waals surface area contributed by atoms with Crippen LogP contribution in [0.25, 0.3) is 0 Å². The second kappa shape index (κ2) is 11.9. The quantitative estimate of drug-likeness (QED) is 0.209. The van der Waals surface area contributed by atoms with E-state index in [4.69, 9.17) is 5.11 Å². The minimum atomic E-state index is -1.62. The monoisotopic (exact) mass is 427 g/mol. The van der Waals surface area contributed by atoms with E-state index in [-0.39, 0.29) is 12.1 Å². The predicted molar refractivity (Wildman–Crippen MR) is 113 cm³/mol. The maximum atomic E-state index is 10.8. The zero-order valence-electron chi connectivity index (χ0n) is 18.2. The van der Waals surface area contributed by atoms with E-state index in [1.165, 1.54) is 0 Å². The average molecular weight is 428 g/mol. The Kier molecular flexibility index (Phi) is 9.93. The maximum Gasteiger partial charge on any atom is 0.192 e. The number of pyridine rings is 1. The lowest BCUT2D eigenvalue weighted by atomic mass is 9.88. The van der Waals surface area contributed by atoms with Crippen LogP contribution in [0.3, 0.4) is 0 Å². The van der Waals surface area contributed by atoms with Gasteiger partial charge >= 0.3 is 0 Å². The fourth-order valence-electron chi connectivity index (χ4n) is 4.03. The molecule has 1 aromatic rings. The minimum absolute atomic E-state index is 0.260. The van der Waals surface area contributed by atoms with Crippen molar-refractivity contribution in [2.24, 2.45) is 0 Å². The summed E-state index contributed by atoms with van der Waals surface area (Å²) in [6, 6.07) is 0. The lowest BCUT2D eigenvalue weighted by Gasteiger charge is -2.38. The van der Waals surface area contributed by atoms with E-state index in [1.807, 2.05) is 15.7 Å². The van der Waals surface area contributed by atoms with Crippen molar-refractivity contribution in [1.29, 1.82) is 0 Å². The molecule has 0 unspecified atom stereocenters. The molecular weight excluding hydrogens is 388 g/mol. The standard InChI is InChI=1S/C22H39N2O6/c1-3-5-7-9-23-11-15(20(28)22(30)18(27)14-25)19-16(12-23)24(10-8-6-4-2)13-17(26)21(19)29/h11-12,17-18,20-22,25-30H,3-10,13-14H2,1-2H3/q+1/t17-,18-,20+,21-,22-/m1/s1. The highest BCUT2D eigenvalue weighted by Crippen LogP contribution is 2.39. The molecule has 0 saturated carbocycles. The van der Waals surface area contributed by atoms with Crippen LogP contribution in [0.1, 0.15) is 75.7 Å². The number of unbranched alkanes of at least 4 members (excludes halogenated alkanes) is 4. The zero-order chi connectivity index (χ0) is 22.3. The van der Waals surface area contributed by atoms with Crippen molar-refractivity contribution in [1.82, 2.24) is 0 Å². The number of fused-ring (bicyclic) bond motifs is 1. The summed E-state index contributed by atoms with van der Waals surface area (Å²) in [5, 5.41) is 61.3. The summed E-state index contributed by atoms with van der Waals surface area (Å²) in [6.07, 6.45) is 2.80. The van der Waals surface area contributed by atoms with Crippen molar-refractivity contribution < 1.29 is 35.2 Å². The lowest BCUT2D eigenvalue weighted by Crippen LogP contribution is -2.46. The molecule has 172 valence electrons. The number of hydrogen-bond acceptors (Lipinski definition) is 7. The lowest BCUT2D eigenvalue weighted by molar-refractivity contribution is -0.697. The molecule has 30 heavy (non-hydrogen) atoms. The van der Waals surface area contributed by atoms with Crippen LogP contribution in [-0.2, 0) is 6.54 Å². The van der Waals surface area contributed by atoms with Crippen LogP contribution < -0.4 is 9.47 Å². The van der Waals surface area contributed by atoms with Gasteiger partial charge in [0.15, 0.2) is 12.4 Å². The molecule has 0 radical (unpaired) electrons. The Morgan fingerprint density at radius 1 is 1.03 bits per heavy atom. The van der Waals surface area contributed by atoms with Crippen molar-refractivity contribution in [2.45, 2.75) is 89.4 Å². The summed E-state index contributed by atoms with van der Waals surface area (Å²) >= 11 is 0. The molecule has 2 heterocycles. The van der Waals surface area contributed by atoms with Crippen molar-refractivity contribution >= 4 is 5.69 Å². The third-order valence-corrected chi connectivity index (χ3v) is 5.86. The predicted octanol–water partition coefficient (Wildman–Crippen LogP) is 0.316. The Balaban J connectivity index is 2.50. The van der Waals surface area contributed by atoms with Crippen LogP contribution in [0.5, 0.6) is 0 Å². The normalized spacial score (nSPS) is 21.9. The first-order valence-electron chi connectivity index (χ1n) is 11.2. The second-order valence-electron chi connectivity index (χ2n) is 8.31. The van der Waals surface area contributed by atoms with Crippen LogP contribution in [0.15, 0.2) is 12.4 Å². The molecule has 0 aromatic carbocycles. The largest absolute Gasteiger partial charge is 0.394 e. The highest BCUT2D eigenvalue weighted by molar-refractivity contribution is 5.58. The summed E-state index contributed by atoms with van der Waals surface area (Å²) in [6.45, 7) is 5.24. The summed E-state index contributed by atoms with van der Waals surface area (Å²) < 4.78 is 1.93. The minimum Gasteiger partial charge on any atom is -0.394 e. The van der Waals surface area contributed by atoms with E-state index < -0.39 is 37.1 Å². The van der Waals surface area contributed by atoms with Crippen LogP contribution in [0.4, 0.5) is 5.69 Å². The first-order valence-corrected chi connectivity index (χ1v) is 11.2. The highest BCUT2D eigenvalue weighted by atomic mass is 16.4.